The van der Waals surface area contributed by atoms with Gasteiger partial charge in [-0.1, -0.05) is 12.1 Å². The molecule has 0 saturated heterocycles. The molecule has 2 rings (SSSR count). The van der Waals surface area contributed by atoms with Gasteiger partial charge in [0.05, 0.1) is 17.3 Å². The number of nitrogens with one attached hydrogen (secondary N) is 1. The van der Waals surface area contributed by atoms with Gasteiger partial charge in [-0.3, -0.25) is 9.78 Å². The first-order valence-electron chi connectivity index (χ1n) is 5.87. The largest absolute Gasteiger partial charge is 0.416 e. The predicted molar refractivity (Wildman–Crippen MR) is 70.7 cm³/mol. The zero-order chi connectivity index (χ0) is 15.3. The standard InChI is InChI=1S/C14H10F3N3O/c15-14(16,17)12-5-1-3-10(7-12)8-19-20-13(21)11-4-2-6-18-9-11/h1-9H,(H,20,21)/b19-8-. The minimum Gasteiger partial charge on any atom is -0.267 e. The third kappa shape index (κ3) is 4.13. The van der Waals surface area contributed by atoms with E-state index < -0.39 is 17.6 Å². The molecule has 0 fully saturated rings. The van der Waals surface area contributed by atoms with Gasteiger partial charge in [0.1, 0.15) is 0 Å². The van der Waals surface area contributed by atoms with Gasteiger partial charge in [0.25, 0.3) is 5.91 Å². The quantitative estimate of drug-likeness (QED) is 0.699. The minimum absolute atomic E-state index is 0.233. The van der Waals surface area contributed by atoms with Crippen molar-refractivity contribution in [1.82, 2.24) is 10.4 Å². The van der Waals surface area contributed by atoms with Crippen molar-refractivity contribution >= 4 is 12.1 Å². The van der Waals surface area contributed by atoms with Crippen LogP contribution in [-0.4, -0.2) is 17.1 Å². The summed E-state index contributed by atoms with van der Waals surface area (Å²) >= 11 is 0. The number of hydrogen-bond donors (Lipinski definition) is 1. The first-order chi connectivity index (χ1) is 9.97. The molecule has 0 radical (unpaired) electrons. The number of rotatable bonds is 3. The van der Waals surface area contributed by atoms with Crippen molar-refractivity contribution in [2.75, 3.05) is 0 Å². The van der Waals surface area contributed by atoms with E-state index in [4.69, 9.17) is 0 Å². The van der Waals surface area contributed by atoms with Gasteiger partial charge in [0.15, 0.2) is 0 Å². The lowest BCUT2D eigenvalue weighted by Crippen LogP contribution is -2.17. The van der Waals surface area contributed by atoms with Crippen molar-refractivity contribution in [3.8, 4) is 0 Å². The van der Waals surface area contributed by atoms with Crippen molar-refractivity contribution in [1.29, 1.82) is 0 Å². The summed E-state index contributed by atoms with van der Waals surface area (Å²) in [6, 6.07) is 7.76. The van der Waals surface area contributed by atoms with Crippen LogP contribution in [0.1, 0.15) is 21.5 Å². The molecule has 7 heteroatoms. The summed E-state index contributed by atoms with van der Waals surface area (Å²) in [5.41, 5.74) is 1.98. The van der Waals surface area contributed by atoms with Crippen LogP contribution in [-0.2, 0) is 6.18 Å². The third-order valence-corrected chi connectivity index (χ3v) is 2.52. The number of alkyl halides is 3. The van der Waals surface area contributed by atoms with Crippen LogP contribution in [0.15, 0.2) is 53.9 Å². The van der Waals surface area contributed by atoms with Crippen molar-refractivity contribution in [2.24, 2.45) is 5.10 Å². The fraction of sp³-hybridized carbons (Fsp3) is 0.0714. The third-order valence-electron chi connectivity index (χ3n) is 2.52. The van der Waals surface area contributed by atoms with E-state index in [-0.39, 0.29) is 5.56 Å². The Morgan fingerprint density at radius 1 is 1.24 bits per heavy atom. The van der Waals surface area contributed by atoms with Crippen molar-refractivity contribution in [2.45, 2.75) is 6.18 Å². The van der Waals surface area contributed by atoms with E-state index in [0.29, 0.717) is 5.56 Å². The average molecular weight is 293 g/mol. The second kappa shape index (κ2) is 6.17. The molecule has 1 heterocycles. The Balaban J connectivity index is 2.04. The van der Waals surface area contributed by atoms with Gasteiger partial charge in [-0.15, -0.1) is 0 Å². The molecule has 1 amide bonds. The van der Waals surface area contributed by atoms with Crippen LogP contribution in [0.4, 0.5) is 13.2 Å². The van der Waals surface area contributed by atoms with Crippen LogP contribution in [0.25, 0.3) is 0 Å². The summed E-state index contributed by atoms with van der Waals surface area (Å²) in [7, 11) is 0. The van der Waals surface area contributed by atoms with Gasteiger partial charge in [0, 0.05) is 12.4 Å². The molecular weight excluding hydrogens is 283 g/mol. The summed E-state index contributed by atoms with van der Waals surface area (Å²) in [4.78, 5) is 15.4. The highest BCUT2D eigenvalue weighted by Crippen LogP contribution is 2.29. The number of nitrogens with zero attached hydrogens (tertiary/aromatic N) is 2. The lowest BCUT2D eigenvalue weighted by Gasteiger charge is -2.06. The average Bonchev–Trinajstić information content (AvgIpc) is 2.47. The predicted octanol–water partition coefficient (Wildman–Crippen LogP) is 2.86. The van der Waals surface area contributed by atoms with Gasteiger partial charge in [-0.05, 0) is 29.8 Å². The highest BCUT2D eigenvalue weighted by molar-refractivity contribution is 5.94. The molecule has 1 N–H and O–H groups in total. The fourth-order valence-corrected chi connectivity index (χ4v) is 1.52. The van der Waals surface area contributed by atoms with Crippen LogP contribution in [0, 0.1) is 0 Å². The number of amides is 1. The summed E-state index contributed by atoms with van der Waals surface area (Å²) in [6.07, 6.45) is -0.399. The van der Waals surface area contributed by atoms with Crippen LogP contribution in [0.2, 0.25) is 0 Å². The van der Waals surface area contributed by atoms with Gasteiger partial charge in [-0.2, -0.15) is 18.3 Å². The lowest BCUT2D eigenvalue weighted by atomic mass is 10.1. The maximum atomic E-state index is 12.5. The number of hydrogen-bond acceptors (Lipinski definition) is 3. The molecule has 0 atom stereocenters. The molecule has 2 aromatic rings. The fourth-order valence-electron chi connectivity index (χ4n) is 1.52. The second-order valence-electron chi connectivity index (χ2n) is 4.06. The molecule has 0 aliphatic heterocycles. The monoisotopic (exact) mass is 293 g/mol. The van der Waals surface area contributed by atoms with Gasteiger partial charge in [0.2, 0.25) is 0 Å². The normalized spacial score (nSPS) is 11.6. The van der Waals surface area contributed by atoms with E-state index in [0.717, 1.165) is 18.3 Å². The highest BCUT2D eigenvalue weighted by Gasteiger charge is 2.30. The lowest BCUT2D eigenvalue weighted by molar-refractivity contribution is -0.137. The zero-order valence-electron chi connectivity index (χ0n) is 10.6. The Kier molecular flexibility index (Phi) is 4.32. The van der Waals surface area contributed by atoms with E-state index in [1.165, 1.54) is 24.5 Å². The Morgan fingerprint density at radius 3 is 2.71 bits per heavy atom. The second-order valence-corrected chi connectivity index (χ2v) is 4.06. The van der Waals surface area contributed by atoms with Crippen molar-refractivity contribution < 1.29 is 18.0 Å². The summed E-state index contributed by atoms with van der Waals surface area (Å²) in [5.74, 6) is -0.494. The summed E-state index contributed by atoms with van der Waals surface area (Å²) in [5, 5.41) is 3.62. The first kappa shape index (κ1) is 14.7. The molecule has 0 aliphatic rings. The van der Waals surface area contributed by atoms with E-state index >= 15 is 0 Å². The molecule has 1 aromatic heterocycles. The Labute approximate surface area is 118 Å². The number of hydrazone groups is 1. The minimum atomic E-state index is -4.41. The van der Waals surface area contributed by atoms with E-state index in [1.54, 1.807) is 12.1 Å². The molecule has 108 valence electrons. The van der Waals surface area contributed by atoms with Gasteiger partial charge < -0.3 is 0 Å². The smallest absolute Gasteiger partial charge is 0.267 e. The van der Waals surface area contributed by atoms with Gasteiger partial charge >= 0.3 is 6.18 Å². The molecule has 0 aliphatic carbocycles. The van der Waals surface area contributed by atoms with Crippen molar-refractivity contribution in [3.63, 3.8) is 0 Å². The molecule has 0 spiro atoms. The highest BCUT2D eigenvalue weighted by atomic mass is 19.4. The Bertz CT molecular complexity index is 654. The molecule has 0 saturated carbocycles. The number of carbonyl (C=O) groups excluding carboxylic acids is 1. The zero-order valence-corrected chi connectivity index (χ0v) is 10.6. The molecule has 21 heavy (non-hydrogen) atoms. The van der Waals surface area contributed by atoms with Crippen molar-refractivity contribution in [3.05, 3.63) is 65.5 Å². The maximum Gasteiger partial charge on any atom is 0.416 e. The van der Waals surface area contributed by atoms with E-state index in [2.05, 4.69) is 15.5 Å². The Hall–Kier alpha value is -2.70. The number of carbonyl (C=O) groups is 1. The van der Waals surface area contributed by atoms with Gasteiger partial charge in [-0.25, -0.2) is 5.43 Å². The molecule has 1 aromatic carbocycles. The number of aromatic nitrogens is 1. The number of halogens is 3. The van der Waals surface area contributed by atoms with Crippen LogP contribution in [0.3, 0.4) is 0 Å². The maximum absolute atomic E-state index is 12.5. The number of benzene rings is 1. The van der Waals surface area contributed by atoms with Crippen LogP contribution in [0.5, 0.6) is 0 Å². The SMILES string of the molecule is O=C(N/N=C\c1cccc(C(F)(F)F)c1)c1cccnc1. The Morgan fingerprint density at radius 2 is 2.05 bits per heavy atom. The first-order valence-corrected chi connectivity index (χ1v) is 5.87. The summed E-state index contributed by atoms with van der Waals surface area (Å²) < 4.78 is 37.6. The molecule has 0 unspecified atom stereocenters. The van der Waals surface area contributed by atoms with Crippen LogP contribution < -0.4 is 5.43 Å². The van der Waals surface area contributed by atoms with E-state index in [1.807, 2.05) is 0 Å². The topological polar surface area (TPSA) is 54.4 Å². The molecule has 0 bridgehead atoms. The van der Waals surface area contributed by atoms with E-state index in [9.17, 15) is 18.0 Å². The van der Waals surface area contributed by atoms with Crippen LogP contribution >= 0.6 is 0 Å². The molecular formula is C14H10F3N3O. The molecule has 4 nitrogen and oxygen atoms in total. The summed E-state index contributed by atoms with van der Waals surface area (Å²) in [6.45, 7) is 0. The number of pyridine rings is 1.